The fourth-order valence-corrected chi connectivity index (χ4v) is 1.78. The number of anilines is 1. The molecular formula is C12H16N4O4. The van der Waals surface area contributed by atoms with E-state index in [0.717, 1.165) is 0 Å². The molecule has 0 aromatic carbocycles. The van der Waals surface area contributed by atoms with Crippen LogP contribution in [0.2, 0.25) is 0 Å². The second-order valence-electron chi connectivity index (χ2n) is 4.87. The minimum atomic E-state index is -1.35. The molecule has 0 saturated heterocycles. The van der Waals surface area contributed by atoms with Gasteiger partial charge in [-0.15, -0.1) is 0 Å². The lowest BCUT2D eigenvalue weighted by atomic mass is 10.1. The van der Waals surface area contributed by atoms with Crippen molar-refractivity contribution in [3.8, 4) is 0 Å². The minimum Gasteiger partial charge on any atom is -0.478 e. The third-order valence-corrected chi connectivity index (χ3v) is 2.98. The number of carboxylic acids is 1. The van der Waals surface area contributed by atoms with Crippen LogP contribution in [0.4, 0.5) is 5.69 Å². The largest absolute Gasteiger partial charge is 0.478 e. The van der Waals surface area contributed by atoms with Crippen molar-refractivity contribution in [2.75, 3.05) is 18.5 Å². The number of hydrogen-bond acceptors (Lipinski definition) is 6. The third kappa shape index (κ3) is 2.56. The van der Waals surface area contributed by atoms with Crippen molar-refractivity contribution in [3.63, 3.8) is 0 Å². The zero-order valence-electron chi connectivity index (χ0n) is 11.2. The molecule has 0 bridgehead atoms. The monoisotopic (exact) mass is 280 g/mol. The Morgan fingerprint density at radius 1 is 1.50 bits per heavy atom. The topological polar surface area (TPSA) is 120 Å². The second-order valence-corrected chi connectivity index (χ2v) is 4.87. The SMILES string of the molecule is Cn1ncc2c(NCC(C)(O)CO)c(C(=O)O)cnc21. The molecular weight excluding hydrogens is 264 g/mol. The number of aryl methyl sites for hydroxylation is 1. The van der Waals surface area contributed by atoms with E-state index in [1.165, 1.54) is 24.0 Å². The summed E-state index contributed by atoms with van der Waals surface area (Å²) in [4.78, 5) is 15.3. The second kappa shape index (κ2) is 5.06. The van der Waals surface area contributed by atoms with E-state index in [1.807, 2.05) is 0 Å². The number of fused-ring (bicyclic) bond motifs is 1. The van der Waals surface area contributed by atoms with Gasteiger partial charge in [0.15, 0.2) is 5.65 Å². The lowest BCUT2D eigenvalue weighted by Gasteiger charge is -2.22. The quantitative estimate of drug-likeness (QED) is 0.599. The van der Waals surface area contributed by atoms with Crippen LogP contribution in [0.5, 0.6) is 0 Å². The zero-order valence-corrected chi connectivity index (χ0v) is 11.2. The molecule has 0 radical (unpaired) electrons. The van der Waals surface area contributed by atoms with Crippen LogP contribution in [-0.4, -0.2) is 54.8 Å². The molecule has 0 aliphatic carbocycles. The average molecular weight is 280 g/mol. The lowest BCUT2D eigenvalue weighted by molar-refractivity contribution is 0.0132. The van der Waals surface area contributed by atoms with Gasteiger partial charge in [-0.05, 0) is 6.92 Å². The predicted octanol–water partition coefficient (Wildman–Crippen LogP) is -0.178. The Morgan fingerprint density at radius 2 is 2.20 bits per heavy atom. The molecule has 4 N–H and O–H groups in total. The Bertz CT molecular complexity index is 650. The van der Waals surface area contributed by atoms with E-state index in [0.29, 0.717) is 16.7 Å². The van der Waals surface area contributed by atoms with Gasteiger partial charge in [-0.2, -0.15) is 5.10 Å². The first-order chi connectivity index (χ1) is 9.35. The summed E-state index contributed by atoms with van der Waals surface area (Å²) in [6, 6.07) is 0. The predicted molar refractivity (Wildman–Crippen MR) is 71.7 cm³/mol. The molecule has 0 saturated carbocycles. The molecule has 2 rings (SSSR count). The molecule has 1 atom stereocenters. The van der Waals surface area contributed by atoms with Gasteiger partial charge in [-0.25, -0.2) is 9.78 Å². The summed E-state index contributed by atoms with van der Waals surface area (Å²) in [6.45, 7) is 1.00. The number of aromatic nitrogens is 3. The van der Waals surface area contributed by atoms with Crippen molar-refractivity contribution in [1.82, 2.24) is 14.8 Å². The van der Waals surface area contributed by atoms with Gasteiger partial charge in [-0.3, -0.25) is 4.68 Å². The number of nitrogens with zero attached hydrogens (tertiary/aromatic N) is 3. The third-order valence-electron chi connectivity index (χ3n) is 2.98. The molecule has 0 spiro atoms. The number of hydrogen-bond donors (Lipinski definition) is 4. The van der Waals surface area contributed by atoms with E-state index >= 15 is 0 Å². The van der Waals surface area contributed by atoms with Crippen molar-refractivity contribution in [1.29, 1.82) is 0 Å². The van der Waals surface area contributed by atoms with Crippen LogP contribution >= 0.6 is 0 Å². The van der Waals surface area contributed by atoms with Crippen molar-refractivity contribution >= 4 is 22.7 Å². The molecule has 8 heteroatoms. The number of aliphatic hydroxyl groups is 2. The van der Waals surface area contributed by atoms with Gasteiger partial charge in [0, 0.05) is 19.8 Å². The molecule has 0 aliphatic rings. The van der Waals surface area contributed by atoms with Crippen LogP contribution in [-0.2, 0) is 7.05 Å². The van der Waals surface area contributed by atoms with Crippen LogP contribution in [0.3, 0.4) is 0 Å². The van der Waals surface area contributed by atoms with Gasteiger partial charge in [0.1, 0.15) is 11.2 Å². The molecule has 2 aromatic rings. The Kier molecular flexibility index (Phi) is 3.60. The first-order valence-corrected chi connectivity index (χ1v) is 5.97. The smallest absolute Gasteiger partial charge is 0.339 e. The molecule has 2 heterocycles. The van der Waals surface area contributed by atoms with Gasteiger partial charge in [0.2, 0.25) is 0 Å². The Morgan fingerprint density at radius 3 is 2.80 bits per heavy atom. The average Bonchev–Trinajstić information content (AvgIpc) is 2.78. The number of carbonyl (C=O) groups is 1. The van der Waals surface area contributed by atoms with Crippen LogP contribution in [0.15, 0.2) is 12.4 Å². The highest BCUT2D eigenvalue weighted by Gasteiger charge is 2.22. The fraction of sp³-hybridized carbons (Fsp3) is 0.417. The van der Waals surface area contributed by atoms with Crippen LogP contribution < -0.4 is 5.32 Å². The van der Waals surface area contributed by atoms with Crippen LogP contribution in [0.1, 0.15) is 17.3 Å². The van der Waals surface area contributed by atoms with Gasteiger partial charge in [-0.1, -0.05) is 0 Å². The molecule has 0 amide bonds. The van der Waals surface area contributed by atoms with Crippen LogP contribution in [0, 0.1) is 0 Å². The van der Waals surface area contributed by atoms with Gasteiger partial charge in [0.05, 0.1) is 23.9 Å². The molecule has 8 nitrogen and oxygen atoms in total. The van der Waals surface area contributed by atoms with E-state index < -0.39 is 18.2 Å². The number of carboxylic acid groups (broad SMARTS) is 1. The van der Waals surface area contributed by atoms with E-state index in [9.17, 15) is 15.0 Å². The summed E-state index contributed by atoms with van der Waals surface area (Å²) in [5.41, 5.74) is -0.516. The summed E-state index contributed by atoms with van der Waals surface area (Å²) in [5, 5.41) is 35.5. The maximum absolute atomic E-state index is 11.2. The van der Waals surface area contributed by atoms with E-state index in [4.69, 9.17) is 5.11 Å². The highest BCUT2D eigenvalue weighted by molar-refractivity contribution is 6.03. The normalized spacial score (nSPS) is 14.2. The molecule has 20 heavy (non-hydrogen) atoms. The van der Waals surface area contributed by atoms with E-state index in [2.05, 4.69) is 15.4 Å². The van der Waals surface area contributed by atoms with Crippen molar-refractivity contribution < 1.29 is 20.1 Å². The Balaban J connectivity index is 2.47. The summed E-state index contributed by atoms with van der Waals surface area (Å²) >= 11 is 0. The van der Waals surface area contributed by atoms with Gasteiger partial charge >= 0.3 is 5.97 Å². The van der Waals surface area contributed by atoms with E-state index in [1.54, 1.807) is 7.05 Å². The summed E-state index contributed by atoms with van der Waals surface area (Å²) in [6.07, 6.45) is 2.74. The van der Waals surface area contributed by atoms with E-state index in [-0.39, 0.29) is 12.1 Å². The van der Waals surface area contributed by atoms with Gasteiger partial charge < -0.3 is 20.6 Å². The molecule has 0 fully saturated rings. The molecule has 108 valence electrons. The highest BCUT2D eigenvalue weighted by Crippen LogP contribution is 2.26. The molecule has 1 unspecified atom stereocenters. The standard InChI is InChI=1S/C12H16N4O4/c1-12(20,6-17)5-14-9-7-4-15-16(2)10(7)13-3-8(9)11(18)19/h3-4,17,20H,5-6H2,1-2H3,(H,13,14)(H,18,19). The number of nitrogens with one attached hydrogen (secondary N) is 1. The Hall–Kier alpha value is -2.19. The number of aliphatic hydroxyl groups excluding tert-OH is 1. The first-order valence-electron chi connectivity index (χ1n) is 5.97. The molecule has 2 aromatic heterocycles. The maximum atomic E-state index is 11.2. The lowest BCUT2D eigenvalue weighted by Crippen LogP contribution is -2.37. The number of rotatable bonds is 5. The fourth-order valence-electron chi connectivity index (χ4n) is 1.78. The van der Waals surface area contributed by atoms with Crippen LogP contribution in [0.25, 0.3) is 11.0 Å². The van der Waals surface area contributed by atoms with Crippen molar-refractivity contribution in [3.05, 3.63) is 18.0 Å². The maximum Gasteiger partial charge on any atom is 0.339 e. The summed E-state index contributed by atoms with van der Waals surface area (Å²) in [7, 11) is 1.70. The van der Waals surface area contributed by atoms with Gasteiger partial charge in [0.25, 0.3) is 0 Å². The number of pyridine rings is 1. The summed E-state index contributed by atoms with van der Waals surface area (Å²) in [5.74, 6) is -1.13. The number of aromatic carboxylic acids is 1. The Labute approximate surface area is 114 Å². The minimum absolute atomic E-state index is 0.00219. The van der Waals surface area contributed by atoms with Crippen molar-refractivity contribution in [2.24, 2.45) is 7.05 Å². The summed E-state index contributed by atoms with van der Waals surface area (Å²) < 4.78 is 1.52. The highest BCUT2D eigenvalue weighted by atomic mass is 16.4. The molecule has 0 aliphatic heterocycles. The zero-order chi connectivity index (χ0) is 14.9. The first kappa shape index (κ1) is 14.2. The van der Waals surface area contributed by atoms with Crippen molar-refractivity contribution in [2.45, 2.75) is 12.5 Å².